The summed E-state index contributed by atoms with van der Waals surface area (Å²) in [5.41, 5.74) is 3.82. The van der Waals surface area contributed by atoms with Crippen molar-refractivity contribution in [2.75, 3.05) is 14.2 Å². The first-order valence-electron chi connectivity index (χ1n) is 6.13. The molecular formula is C15H17FN2O2. The lowest BCUT2D eigenvalue weighted by atomic mass is 9.97. The predicted molar refractivity (Wildman–Crippen MR) is 75.1 cm³/mol. The van der Waals surface area contributed by atoms with Gasteiger partial charge in [0.1, 0.15) is 17.3 Å². The highest BCUT2D eigenvalue weighted by molar-refractivity contribution is 5.46. The lowest BCUT2D eigenvalue weighted by Gasteiger charge is -2.20. The zero-order chi connectivity index (χ0) is 14.5. The maximum atomic E-state index is 13.9. The second-order valence-corrected chi connectivity index (χ2v) is 4.23. The van der Waals surface area contributed by atoms with Crippen LogP contribution in [-0.2, 0) is 0 Å². The van der Waals surface area contributed by atoms with Gasteiger partial charge in [-0.15, -0.1) is 0 Å². The molecule has 2 aromatic carbocycles. The van der Waals surface area contributed by atoms with Crippen molar-refractivity contribution in [3.63, 3.8) is 0 Å². The van der Waals surface area contributed by atoms with Crippen LogP contribution in [0.1, 0.15) is 17.2 Å². The van der Waals surface area contributed by atoms with E-state index in [2.05, 4.69) is 5.43 Å². The number of nitrogens with two attached hydrogens (primary N) is 1. The molecule has 20 heavy (non-hydrogen) atoms. The summed E-state index contributed by atoms with van der Waals surface area (Å²) >= 11 is 0. The standard InChI is InChI=1S/C15H17FN2O2/c1-19-10-7-8-12(14(9-10)20-2)15(18-17)11-5-3-4-6-13(11)16/h3-9,15,18H,17H2,1-2H3. The van der Waals surface area contributed by atoms with Gasteiger partial charge in [0, 0.05) is 17.2 Å². The average molecular weight is 276 g/mol. The molecule has 0 aliphatic heterocycles. The van der Waals surface area contributed by atoms with Gasteiger partial charge in [0.15, 0.2) is 0 Å². The lowest BCUT2D eigenvalue weighted by Crippen LogP contribution is -2.29. The van der Waals surface area contributed by atoms with Crippen LogP contribution in [0.2, 0.25) is 0 Å². The van der Waals surface area contributed by atoms with E-state index in [4.69, 9.17) is 15.3 Å². The Morgan fingerprint density at radius 2 is 1.80 bits per heavy atom. The van der Waals surface area contributed by atoms with Crippen LogP contribution in [0.15, 0.2) is 42.5 Å². The molecule has 0 bridgehead atoms. The van der Waals surface area contributed by atoms with Gasteiger partial charge >= 0.3 is 0 Å². The molecule has 2 rings (SSSR count). The van der Waals surface area contributed by atoms with Gasteiger partial charge in [-0.2, -0.15) is 0 Å². The molecule has 0 aliphatic carbocycles. The van der Waals surface area contributed by atoms with Crippen LogP contribution in [0.25, 0.3) is 0 Å². The summed E-state index contributed by atoms with van der Waals surface area (Å²) in [6.45, 7) is 0. The van der Waals surface area contributed by atoms with Gasteiger partial charge < -0.3 is 9.47 Å². The summed E-state index contributed by atoms with van der Waals surface area (Å²) in [5, 5.41) is 0. The predicted octanol–water partition coefficient (Wildman–Crippen LogP) is 2.40. The molecule has 0 saturated carbocycles. The first-order valence-corrected chi connectivity index (χ1v) is 6.13. The van der Waals surface area contributed by atoms with E-state index >= 15 is 0 Å². The number of rotatable bonds is 5. The van der Waals surface area contributed by atoms with E-state index in [1.165, 1.54) is 6.07 Å². The van der Waals surface area contributed by atoms with Crippen LogP contribution in [-0.4, -0.2) is 14.2 Å². The molecule has 0 heterocycles. The minimum Gasteiger partial charge on any atom is -0.497 e. The Kier molecular flexibility index (Phi) is 4.55. The molecule has 0 aliphatic rings. The normalized spacial score (nSPS) is 12.0. The third kappa shape index (κ3) is 2.74. The van der Waals surface area contributed by atoms with E-state index in [1.807, 2.05) is 0 Å². The van der Waals surface area contributed by atoms with Gasteiger partial charge in [-0.3, -0.25) is 5.84 Å². The first kappa shape index (κ1) is 14.3. The van der Waals surface area contributed by atoms with Crippen molar-refractivity contribution in [2.24, 2.45) is 5.84 Å². The molecule has 2 aromatic rings. The number of halogens is 1. The molecule has 0 fully saturated rings. The van der Waals surface area contributed by atoms with Crippen molar-refractivity contribution in [3.05, 3.63) is 59.4 Å². The van der Waals surface area contributed by atoms with Crippen molar-refractivity contribution >= 4 is 0 Å². The molecule has 1 atom stereocenters. The Morgan fingerprint density at radius 3 is 2.40 bits per heavy atom. The fourth-order valence-corrected chi connectivity index (χ4v) is 2.11. The zero-order valence-corrected chi connectivity index (χ0v) is 11.4. The first-order chi connectivity index (χ1) is 9.71. The summed E-state index contributed by atoms with van der Waals surface area (Å²) < 4.78 is 24.4. The smallest absolute Gasteiger partial charge is 0.128 e. The van der Waals surface area contributed by atoms with Crippen LogP contribution in [0.3, 0.4) is 0 Å². The number of benzene rings is 2. The largest absolute Gasteiger partial charge is 0.497 e. The molecule has 106 valence electrons. The van der Waals surface area contributed by atoms with Gasteiger partial charge in [0.25, 0.3) is 0 Å². The SMILES string of the molecule is COc1ccc(C(NN)c2ccccc2F)c(OC)c1. The van der Waals surface area contributed by atoms with Crippen molar-refractivity contribution in [3.8, 4) is 11.5 Å². The van der Waals surface area contributed by atoms with Crippen LogP contribution >= 0.6 is 0 Å². The number of hydrogen-bond donors (Lipinski definition) is 2. The van der Waals surface area contributed by atoms with Gasteiger partial charge in [0.2, 0.25) is 0 Å². The van der Waals surface area contributed by atoms with Crippen LogP contribution < -0.4 is 20.7 Å². The van der Waals surface area contributed by atoms with Gasteiger partial charge in [-0.05, 0) is 18.2 Å². The van der Waals surface area contributed by atoms with Crippen molar-refractivity contribution in [1.82, 2.24) is 5.43 Å². The number of nitrogens with one attached hydrogen (secondary N) is 1. The summed E-state index contributed by atoms with van der Waals surface area (Å²) in [6.07, 6.45) is 0. The highest BCUT2D eigenvalue weighted by atomic mass is 19.1. The number of ether oxygens (including phenoxy) is 2. The molecule has 0 radical (unpaired) electrons. The molecular weight excluding hydrogens is 259 g/mol. The zero-order valence-electron chi connectivity index (χ0n) is 11.4. The maximum absolute atomic E-state index is 13.9. The highest BCUT2D eigenvalue weighted by Crippen LogP contribution is 2.33. The van der Waals surface area contributed by atoms with Crippen LogP contribution in [0, 0.1) is 5.82 Å². The second-order valence-electron chi connectivity index (χ2n) is 4.23. The number of hydrazine groups is 1. The minimum absolute atomic E-state index is 0.326. The van der Waals surface area contributed by atoms with Crippen molar-refractivity contribution in [2.45, 2.75) is 6.04 Å². The second kappa shape index (κ2) is 6.36. The Hall–Kier alpha value is -2.11. The summed E-state index contributed by atoms with van der Waals surface area (Å²) in [4.78, 5) is 0. The summed E-state index contributed by atoms with van der Waals surface area (Å²) in [7, 11) is 3.12. The fourth-order valence-electron chi connectivity index (χ4n) is 2.11. The third-order valence-corrected chi connectivity index (χ3v) is 3.13. The molecule has 4 nitrogen and oxygen atoms in total. The molecule has 1 unspecified atom stereocenters. The molecule has 0 saturated heterocycles. The van der Waals surface area contributed by atoms with Gasteiger partial charge in [-0.25, -0.2) is 9.82 Å². The van der Waals surface area contributed by atoms with E-state index in [0.29, 0.717) is 17.1 Å². The van der Waals surface area contributed by atoms with E-state index in [0.717, 1.165) is 5.56 Å². The molecule has 5 heteroatoms. The lowest BCUT2D eigenvalue weighted by molar-refractivity contribution is 0.387. The topological polar surface area (TPSA) is 56.5 Å². The van der Waals surface area contributed by atoms with Crippen LogP contribution in [0.5, 0.6) is 11.5 Å². The Labute approximate surface area is 117 Å². The van der Waals surface area contributed by atoms with Crippen molar-refractivity contribution in [1.29, 1.82) is 0 Å². The van der Waals surface area contributed by atoms with E-state index < -0.39 is 6.04 Å². The Balaban J connectivity index is 2.49. The Bertz CT molecular complexity index is 590. The molecule has 0 aromatic heterocycles. The average Bonchev–Trinajstić information content (AvgIpc) is 2.50. The van der Waals surface area contributed by atoms with E-state index in [9.17, 15) is 4.39 Å². The van der Waals surface area contributed by atoms with E-state index in [-0.39, 0.29) is 5.82 Å². The quantitative estimate of drug-likeness (QED) is 0.650. The maximum Gasteiger partial charge on any atom is 0.128 e. The summed E-state index contributed by atoms with van der Waals surface area (Å²) in [6, 6.07) is 11.3. The monoisotopic (exact) mass is 276 g/mol. The Morgan fingerprint density at radius 1 is 1.05 bits per heavy atom. The van der Waals surface area contributed by atoms with Gasteiger partial charge in [-0.1, -0.05) is 18.2 Å². The molecule has 3 N–H and O–H groups in total. The molecule has 0 amide bonds. The minimum atomic E-state index is -0.503. The molecule has 0 spiro atoms. The van der Waals surface area contributed by atoms with E-state index in [1.54, 1.807) is 50.6 Å². The third-order valence-electron chi connectivity index (χ3n) is 3.13. The highest BCUT2D eigenvalue weighted by Gasteiger charge is 2.20. The van der Waals surface area contributed by atoms with Crippen LogP contribution in [0.4, 0.5) is 4.39 Å². The number of methoxy groups -OCH3 is 2. The number of hydrogen-bond acceptors (Lipinski definition) is 4. The summed E-state index contributed by atoms with van der Waals surface area (Å²) in [5.74, 6) is 6.51. The van der Waals surface area contributed by atoms with Crippen molar-refractivity contribution < 1.29 is 13.9 Å². The fraction of sp³-hybridized carbons (Fsp3) is 0.200. The van der Waals surface area contributed by atoms with Gasteiger partial charge in [0.05, 0.1) is 20.3 Å².